The van der Waals surface area contributed by atoms with Gasteiger partial charge in [-0.2, -0.15) is 0 Å². The largest absolute Gasteiger partial charge is 0.341 e. The van der Waals surface area contributed by atoms with Crippen molar-refractivity contribution in [1.82, 2.24) is 30.0 Å². The highest BCUT2D eigenvalue weighted by Crippen LogP contribution is 2.40. The first-order valence-corrected chi connectivity index (χ1v) is 7.40. The number of nitrogens with zero attached hydrogens (tertiary/aromatic N) is 6. The normalized spacial score (nSPS) is 28.4. The minimum atomic E-state index is -0.136. The van der Waals surface area contributed by atoms with E-state index in [9.17, 15) is 4.79 Å². The zero-order chi connectivity index (χ0) is 13.7. The molecule has 1 spiro atoms. The number of likely N-dealkylation sites (tertiary alicyclic amines) is 2. The predicted molar refractivity (Wildman–Crippen MR) is 70.9 cm³/mol. The average Bonchev–Trinajstić information content (AvgIpc) is 2.71. The number of fused-ring (bicyclic) bond motifs is 1. The number of aryl methyl sites for hydroxylation is 1. The summed E-state index contributed by atoms with van der Waals surface area (Å²) in [4.78, 5) is 17.0. The summed E-state index contributed by atoms with van der Waals surface area (Å²) in [6, 6.07) is 0. The van der Waals surface area contributed by atoms with Crippen LogP contribution in [0.3, 0.4) is 0 Å². The van der Waals surface area contributed by atoms with Gasteiger partial charge in [0.2, 0.25) is 5.91 Å². The Balaban J connectivity index is 1.47. The van der Waals surface area contributed by atoms with E-state index in [1.54, 1.807) is 0 Å². The molecule has 1 amide bonds. The third-order valence-electron chi connectivity index (χ3n) is 4.86. The minimum absolute atomic E-state index is 0.136. The highest BCUT2D eigenvalue weighted by atomic mass is 16.2. The molecule has 1 aromatic heterocycles. The summed E-state index contributed by atoms with van der Waals surface area (Å²) < 4.78 is 1.81. The molecule has 0 aliphatic carbocycles. The van der Waals surface area contributed by atoms with Crippen molar-refractivity contribution < 1.29 is 4.79 Å². The van der Waals surface area contributed by atoms with Crippen LogP contribution in [0.4, 0.5) is 0 Å². The zero-order valence-electron chi connectivity index (χ0n) is 11.8. The lowest BCUT2D eigenvalue weighted by Gasteiger charge is -2.59. The van der Waals surface area contributed by atoms with Crippen LogP contribution in [0.1, 0.15) is 31.0 Å². The molecular weight excluding hydrogens is 256 g/mol. The van der Waals surface area contributed by atoms with Crippen molar-refractivity contribution in [3.05, 3.63) is 5.82 Å². The minimum Gasteiger partial charge on any atom is -0.341 e. The van der Waals surface area contributed by atoms with Crippen LogP contribution in [-0.2, 0) is 11.3 Å². The summed E-state index contributed by atoms with van der Waals surface area (Å²) in [6.07, 6.45) is 2.99. The summed E-state index contributed by atoms with van der Waals surface area (Å²) in [5.41, 5.74) is 0.390. The summed E-state index contributed by atoms with van der Waals surface area (Å²) in [7, 11) is 2.13. The molecule has 0 N–H and O–H groups in total. The lowest BCUT2D eigenvalue weighted by molar-refractivity contribution is -0.158. The first-order valence-electron chi connectivity index (χ1n) is 7.40. The van der Waals surface area contributed by atoms with E-state index in [0.717, 1.165) is 57.8 Å². The van der Waals surface area contributed by atoms with Gasteiger partial charge in [-0.25, -0.2) is 4.68 Å². The number of rotatable bonds is 1. The van der Waals surface area contributed by atoms with E-state index in [2.05, 4.69) is 27.5 Å². The van der Waals surface area contributed by atoms with Crippen molar-refractivity contribution in [2.75, 3.05) is 33.2 Å². The molecule has 1 atom stereocenters. The molecular formula is C13H20N6O. The lowest BCUT2D eigenvalue weighted by atomic mass is 9.72. The molecule has 7 nitrogen and oxygen atoms in total. The van der Waals surface area contributed by atoms with E-state index in [-0.39, 0.29) is 11.8 Å². The molecule has 20 heavy (non-hydrogen) atoms. The third-order valence-corrected chi connectivity index (χ3v) is 4.86. The summed E-state index contributed by atoms with van der Waals surface area (Å²) in [5.74, 6) is 0.852. The second kappa shape index (κ2) is 4.25. The maximum Gasteiger partial charge on any atom is 0.233 e. The van der Waals surface area contributed by atoms with Gasteiger partial charge in [0.1, 0.15) is 0 Å². The highest BCUT2D eigenvalue weighted by molar-refractivity contribution is 5.83. The summed E-state index contributed by atoms with van der Waals surface area (Å²) in [6.45, 7) is 4.90. The fraction of sp³-hybridized carbons (Fsp3) is 0.846. The van der Waals surface area contributed by atoms with Gasteiger partial charge in [-0.1, -0.05) is 6.42 Å². The van der Waals surface area contributed by atoms with Crippen LogP contribution in [0.5, 0.6) is 0 Å². The van der Waals surface area contributed by atoms with Crippen LogP contribution in [0.25, 0.3) is 0 Å². The second-order valence-corrected chi connectivity index (χ2v) is 6.68. The van der Waals surface area contributed by atoms with Gasteiger partial charge in [0.25, 0.3) is 0 Å². The molecule has 0 radical (unpaired) electrons. The van der Waals surface area contributed by atoms with Crippen molar-refractivity contribution in [2.45, 2.75) is 31.7 Å². The number of hydrogen-bond donors (Lipinski definition) is 0. The number of carbonyl (C=O) groups excluding carboxylic acids is 1. The molecule has 4 heterocycles. The molecule has 3 aliphatic heterocycles. The van der Waals surface area contributed by atoms with Crippen LogP contribution in [0.2, 0.25) is 0 Å². The van der Waals surface area contributed by atoms with Gasteiger partial charge < -0.3 is 9.80 Å². The number of amides is 1. The maximum absolute atomic E-state index is 12.7. The molecule has 1 unspecified atom stereocenters. The molecule has 3 aliphatic rings. The Hall–Kier alpha value is -1.50. The van der Waals surface area contributed by atoms with Crippen molar-refractivity contribution in [3.8, 4) is 0 Å². The topological polar surface area (TPSA) is 67.2 Å². The second-order valence-electron chi connectivity index (χ2n) is 6.68. The molecule has 0 aromatic carbocycles. The average molecular weight is 276 g/mol. The maximum atomic E-state index is 12.7. The van der Waals surface area contributed by atoms with Crippen LogP contribution >= 0.6 is 0 Å². The van der Waals surface area contributed by atoms with Gasteiger partial charge >= 0.3 is 0 Å². The number of tetrazole rings is 1. The van der Waals surface area contributed by atoms with Gasteiger partial charge in [0, 0.05) is 38.1 Å². The standard InChI is InChI=1S/C13H20N6O/c1-17-6-13(7-17)8-18(9-13)12(20)10-4-2-3-5-19-11(10)14-15-16-19/h10H,2-9H2,1H3. The van der Waals surface area contributed by atoms with E-state index in [4.69, 9.17) is 0 Å². The molecule has 4 rings (SSSR count). The molecule has 1 aromatic rings. The zero-order valence-corrected chi connectivity index (χ0v) is 11.8. The number of hydrogen-bond acceptors (Lipinski definition) is 5. The van der Waals surface area contributed by atoms with Gasteiger partial charge in [0.15, 0.2) is 5.82 Å². The van der Waals surface area contributed by atoms with Crippen LogP contribution in [0.15, 0.2) is 0 Å². The van der Waals surface area contributed by atoms with E-state index in [1.807, 2.05) is 9.58 Å². The van der Waals surface area contributed by atoms with Gasteiger partial charge in [0.05, 0.1) is 5.92 Å². The smallest absolute Gasteiger partial charge is 0.233 e. The quantitative estimate of drug-likeness (QED) is 0.705. The van der Waals surface area contributed by atoms with Gasteiger partial charge in [-0.05, 0) is 30.3 Å². The molecule has 7 heteroatoms. The monoisotopic (exact) mass is 276 g/mol. The molecule has 0 saturated carbocycles. The van der Waals surface area contributed by atoms with Crippen molar-refractivity contribution >= 4 is 5.91 Å². The number of aromatic nitrogens is 4. The number of carbonyl (C=O) groups is 1. The summed E-state index contributed by atoms with van der Waals surface area (Å²) >= 11 is 0. The van der Waals surface area contributed by atoms with Crippen molar-refractivity contribution in [1.29, 1.82) is 0 Å². The Morgan fingerprint density at radius 2 is 2.05 bits per heavy atom. The van der Waals surface area contributed by atoms with E-state index >= 15 is 0 Å². The predicted octanol–water partition coefficient (Wildman–Crippen LogP) is -0.285. The van der Waals surface area contributed by atoms with Crippen LogP contribution in [-0.4, -0.2) is 69.1 Å². The SMILES string of the molecule is CN1CC2(C1)CN(C(=O)C1CCCCn3nnnc31)C2. The van der Waals surface area contributed by atoms with Crippen molar-refractivity contribution in [3.63, 3.8) is 0 Å². The fourth-order valence-corrected chi connectivity index (χ4v) is 4.03. The molecule has 108 valence electrons. The Bertz CT molecular complexity index is 527. The molecule has 2 fully saturated rings. The van der Waals surface area contributed by atoms with Crippen LogP contribution in [0, 0.1) is 5.41 Å². The Labute approximate surface area is 117 Å². The van der Waals surface area contributed by atoms with Crippen molar-refractivity contribution in [2.24, 2.45) is 5.41 Å². The van der Waals surface area contributed by atoms with E-state index in [1.165, 1.54) is 0 Å². The van der Waals surface area contributed by atoms with Crippen LogP contribution < -0.4 is 0 Å². The Kier molecular flexibility index (Phi) is 2.60. The summed E-state index contributed by atoms with van der Waals surface area (Å²) in [5, 5.41) is 11.8. The lowest BCUT2D eigenvalue weighted by Crippen LogP contribution is -2.72. The van der Waals surface area contributed by atoms with E-state index in [0.29, 0.717) is 5.41 Å². The first kappa shape index (κ1) is 12.3. The third kappa shape index (κ3) is 1.76. The fourth-order valence-electron chi connectivity index (χ4n) is 4.03. The Morgan fingerprint density at radius 3 is 2.80 bits per heavy atom. The molecule has 2 saturated heterocycles. The molecule has 0 bridgehead atoms. The van der Waals surface area contributed by atoms with Gasteiger partial charge in [-0.3, -0.25) is 4.79 Å². The highest BCUT2D eigenvalue weighted by Gasteiger charge is 2.52. The first-order chi connectivity index (χ1) is 9.67. The van der Waals surface area contributed by atoms with Gasteiger partial charge in [-0.15, -0.1) is 5.10 Å². The van der Waals surface area contributed by atoms with E-state index < -0.39 is 0 Å². The Morgan fingerprint density at radius 1 is 1.25 bits per heavy atom.